The van der Waals surface area contributed by atoms with Crippen LogP contribution in [0.2, 0.25) is 0 Å². The first-order valence-corrected chi connectivity index (χ1v) is 10.4. The highest BCUT2D eigenvalue weighted by atomic mass is 127. The van der Waals surface area contributed by atoms with Gasteiger partial charge in [-0.2, -0.15) is 0 Å². The highest BCUT2D eigenvalue weighted by Gasteiger charge is 2.20. The van der Waals surface area contributed by atoms with E-state index >= 15 is 0 Å². The number of halogens is 1. The summed E-state index contributed by atoms with van der Waals surface area (Å²) >= 11 is 0. The fraction of sp³-hybridized carbons (Fsp3) is 0.391. The Morgan fingerprint density at radius 1 is 1.12 bits per heavy atom. The number of likely N-dealkylation sites (tertiary alicyclic amines) is 1. The van der Waals surface area contributed by atoms with E-state index in [1.54, 1.807) is 14.2 Å². The number of ether oxygens (including phenoxy) is 2. The maximum Gasteiger partial charge on any atom is 0.231 e. The van der Waals surface area contributed by atoms with Crippen LogP contribution in [0.1, 0.15) is 18.4 Å². The van der Waals surface area contributed by atoms with Gasteiger partial charge in [0.1, 0.15) is 5.75 Å². The molecule has 1 amide bonds. The van der Waals surface area contributed by atoms with Crippen molar-refractivity contribution >= 4 is 35.8 Å². The van der Waals surface area contributed by atoms with E-state index in [2.05, 4.69) is 20.5 Å². The fourth-order valence-corrected chi connectivity index (χ4v) is 3.54. The summed E-state index contributed by atoms with van der Waals surface area (Å²) in [5, 5.41) is 6.82. The van der Waals surface area contributed by atoms with Crippen LogP contribution in [-0.4, -0.2) is 56.6 Å². The zero-order valence-electron chi connectivity index (χ0n) is 18.5. The second-order valence-electron chi connectivity index (χ2n) is 7.48. The van der Waals surface area contributed by atoms with Crippen LogP contribution < -0.4 is 25.8 Å². The number of guanidine groups is 1. The number of rotatable bonds is 8. The number of aliphatic imine (C=N–C) groups is 1. The van der Waals surface area contributed by atoms with Gasteiger partial charge in [0.2, 0.25) is 5.91 Å². The lowest BCUT2D eigenvalue weighted by Crippen LogP contribution is -2.49. The minimum atomic E-state index is -0.275. The number of para-hydroxylation sites is 2. The molecule has 2 aromatic carbocycles. The van der Waals surface area contributed by atoms with Crippen molar-refractivity contribution in [1.29, 1.82) is 0 Å². The zero-order chi connectivity index (χ0) is 22.1. The van der Waals surface area contributed by atoms with E-state index in [-0.39, 0.29) is 29.9 Å². The van der Waals surface area contributed by atoms with Crippen molar-refractivity contribution in [3.8, 4) is 17.2 Å². The molecule has 0 aromatic heterocycles. The van der Waals surface area contributed by atoms with Crippen LogP contribution in [-0.2, 0) is 11.3 Å². The summed E-state index contributed by atoms with van der Waals surface area (Å²) in [6, 6.07) is 15.8. The smallest absolute Gasteiger partial charge is 0.231 e. The minimum absolute atomic E-state index is 0. The van der Waals surface area contributed by atoms with Crippen LogP contribution in [0.5, 0.6) is 17.2 Å². The van der Waals surface area contributed by atoms with Gasteiger partial charge in [-0.1, -0.05) is 24.3 Å². The number of methoxy groups -OCH3 is 1. The molecule has 2 aromatic rings. The molecule has 3 rings (SSSR count). The van der Waals surface area contributed by atoms with Crippen LogP contribution in [0.4, 0.5) is 0 Å². The lowest BCUT2D eigenvalue weighted by Gasteiger charge is -2.32. The number of hydrogen-bond donors (Lipinski definition) is 3. The summed E-state index contributed by atoms with van der Waals surface area (Å²) < 4.78 is 11.2. The van der Waals surface area contributed by atoms with Gasteiger partial charge in [0, 0.05) is 32.7 Å². The molecule has 9 heteroatoms. The van der Waals surface area contributed by atoms with Crippen molar-refractivity contribution in [2.24, 2.45) is 10.7 Å². The van der Waals surface area contributed by atoms with Gasteiger partial charge in [0.25, 0.3) is 0 Å². The largest absolute Gasteiger partial charge is 0.493 e. The third-order valence-corrected chi connectivity index (χ3v) is 5.21. The zero-order valence-corrected chi connectivity index (χ0v) is 20.9. The van der Waals surface area contributed by atoms with Crippen LogP contribution >= 0.6 is 24.0 Å². The maximum atomic E-state index is 11.1. The summed E-state index contributed by atoms with van der Waals surface area (Å²) in [7, 11) is 3.39. The third-order valence-electron chi connectivity index (χ3n) is 5.21. The summed E-state index contributed by atoms with van der Waals surface area (Å²) in [5.74, 6) is 2.62. The number of hydrogen-bond acceptors (Lipinski definition) is 5. The number of carbonyl (C=O) groups is 1. The van der Waals surface area contributed by atoms with E-state index in [1.807, 2.05) is 48.5 Å². The predicted octanol–water partition coefficient (Wildman–Crippen LogP) is 2.72. The Balaban J connectivity index is 0.00000363. The fourth-order valence-electron chi connectivity index (χ4n) is 3.54. The number of benzene rings is 2. The summed E-state index contributed by atoms with van der Waals surface area (Å²) in [6.45, 7) is 2.68. The van der Waals surface area contributed by atoms with Crippen LogP contribution in [0, 0.1) is 0 Å². The number of nitrogens with zero attached hydrogens (tertiary/aromatic N) is 2. The normalized spacial score (nSPS) is 14.9. The predicted molar refractivity (Wildman–Crippen MR) is 137 cm³/mol. The van der Waals surface area contributed by atoms with Gasteiger partial charge in [-0.15, -0.1) is 24.0 Å². The van der Waals surface area contributed by atoms with E-state index in [0.717, 1.165) is 43.2 Å². The van der Waals surface area contributed by atoms with Gasteiger partial charge in [-0.3, -0.25) is 14.7 Å². The average molecular weight is 553 g/mol. The number of carbonyl (C=O) groups excluding carboxylic acids is 1. The molecule has 4 N–H and O–H groups in total. The second-order valence-corrected chi connectivity index (χ2v) is 7.48. The lowest BCUT2D eigenvalue weighted by atomic mass is 10.1. The molecule has 0 atom stereocenters. The van der Waals surface area contributed by atoms with Gasteiger partial charge in [-0.05, 0) is 42.7 Å². The van der Waals surface area contributed by atoms with Gasteiger partial charge >= 0.3 is 0 Å². The number of amides is 1. The van der Waals surface area contributed by atoms with E-state index in [0.29, 0.717) is 30.6 Å². The van der Waals surface area contributed by atoms with Crippen molar-refractivity contribution in [3.63, 3.8) is 0 Å². The molecule has 0 radical (unpaired) electrons. The molecule has 1 heterocycles. The van der Waals surface area contributed by atoms with Crippen LogP contribution in [0.3, 0.4) is 0 Å². The standard InChI is InChI=1S/C23H31N5O3.HI/c1-25-23(27-18-11-13-28(14-12-18)16-22(24)29)26-15-17-7-9-19(10-8-17)31-21-6-4-3-5-20(21)30-2;/h3-10,18H,11-16H2,1-2H3,(H2,24,29)(H2,25,26,27);1H. The highest BCUT2D eigenvalue weighted by molar-refractivity contribution is 14.0. The molecule has 8 nitrogen and oxygen atoms in total. The Labute approximate surface area is 206 Å². The summed E-state index contributed by atoms with van der Waals surface area (Å²) in [5.41, 5.74) is 6.39. The summed E-state index contributed by atoms with van der Waals surface area (Å²) in [4.78, 5) is 17.5. The van der Waals surface area contributed by atoms with E-state index in [1.165, 1.54) is 0 Å². The van der Waals surface area contributed by atoms with Crippen LogP contribution in [0.25, 0.3) is 0 Å². The first kappa shape index (κ1) is 25.7. The third kappa shape index (κ3) is 7.86. The maximum absolute atomic E-state index is 11.1. The molecular formula is C23H32IN5O3. The first-order valence-electron chi connectivity index (χ1n) is 10.4. The van der Waals surface area contributed by atoms with E-state index in [9.17, 15) is 4.79 Å². The molecule has 0 bridgehead atoms. The Hall–Kier alpha value is -2.53. The Bertz CT molecular complexity index is 883. The van der Waals surface area contributed by atoms with Crippen molar-refractivity contribution in [1.82, 2.24) is 15.5 Å². The van der Waals surface area contributed by atoms with E-state index in [4.69, 9.17) is 15.2 Å². The number of primary amides is 1. The summed E-state index contributed by atoms with van der Waals surface area (Å²) in [6.07, 6.45) is 1.89. The minimum Gasteiger partial charge on any atom is -0.493 e. The molecule has 0 spiro atoms. The quantitative estimate of drug-likeness (QED) is 0.264. The molecule has 0 unspecified atom stereocenters. The molecule has 174 valence electrons. The highest BCUT2D eigenvalue weighted by Crippen LogP contribution is 2.30. The Kier molecular flexibility index (Phi) is 10.5. The van der Waals surface area contributed by atoms with E-state index < -0.39 is 0 Å². The van der Waals surface area contributed by atoms with Gasteiger partial charge in [0.05, 0.1) is 13.7 Å². The average Bonchev–Trinajstić information content (AvgIpc) is 2.78. The topological polar surface area (TPSA) is 101 Å². The van der Waals surface area contributed by atoms with Gasteiger partial charge in [0.15, 0.2) is 17.5 Å². The van der Waals surface area contributed by atoms with Gasteiger partial charge < -0.3 is 25.8 Å². The number of nitrogens with one attached hydrogen (secondary N) is 2. The van der Waals surface area contributed by atoms with Crippen molar-refractivity contribution in [2.45, 2.75) is 25.4 Å². The second kappa shape index (κ2) is 13.1. The van der Waals surface area contributed by atoms with Gasteiger partial charge in [-0.25, -0.2) is 0 Å². The lowest BCUT2D eigenvalue weighted by molar-refractivity contribution is -0.119. The molecule has 1 aliphatic heterocycles. The Morgan fingerprint density at radius 3 is 2.38 bits per heavy atom. The van der Waals surface area contributed by atoms with Crippen molar-refractivity contribution in [3.05, 3.63) is 54.1 Å². The molecule has 1 saturated heterocycles. The van der Waals surface area contributed by atoms with Crippen molar-refractivity contribution < 1.29 is 14.3 Å². The monoisotopic (exact) mass is 553 g/mol. The first-order chi connectivity index (χ1) is 15.1. The molecule has 1 fully saturated rings. The molecule has 1 aliphatic rings. The van der Waals surface area contributed by atoms with Crippen molar-refractivity contribution in [2.75, 3.05) is 33.8 Å². The number of nitrogens with two attached hydrogens (primary N) is 1. The van der Waals surface area contributed by atoms with Crippen LogP contribution in [0.15, 0.2) is 53.5 Å². The Morgan fingerprint density at radius 2 is 1.78 bits per heavy atom. The number of piperidine rings is 1. The molecule has 0 aliphatic carbocycles. The molecular weight excluding hydrogens is 521 g/mol. The molecule has 32 heavy (non-hydrogen) atoms. The molecule has 0 saturated carbocycles. The SMILES string of the molecule is CN=C(NCc1ccc(Oc2ccccc2OC)cc1)NC1CCN(CC(N)=O)CC1.I.